The minimum Gasteiger partial charge on any atom is -0.390 e. The average Bonchev–Trinajstić information content (AvgIpc) is 3.07. The summed E-state index contributed by atoms with van der Waals surface area (Å²) in [5.41, 5.74) is 1.06. The topological polar surface area (TPSA) is 70.5 Å². The van der Waals surface area contributed by atoms with Gasteiger partial charge in [-0.05, 0) is 38.1 Å². The second-order valence-electron chi connectivity index (χ2n) is 6.54. The molecule has 0 amide bonds. The molecule has 1 N–H and O–H groups in total. The Morgan fingerprint density at radius 3 is 2.57 bits per heavy atom. The molecule has 23 heavy (non-hydrogen) atoms. The number of thiazole rings is 1. The zero-order chi connectivity index (χ0) is 16.0. The van der Waals surface area contributed by atoms with Gasteiger partial charge in [0.1, 0.15) is 0 Å². The zero-order valence-electron chi connectivity index (χ0n) is 12.8. The van der Waals surface area contributed by atoms with E-state index in [1.165, 1.54) is 9.71 Å². The van der Waals surface area contributed by atoms with E-state index in [4.69, 9.17) is 4.98 Å². The number of aromatic nitrogens is 1. The fraction of sp³-hybridized carbons (Fsp3) is 0.562. The van der Waals surface area contributed by atoms with Gasteiger partial charge >= 0.3 is 0 Å². The van der Waals surface area contributed by atoms with Crippen LogP contribution >= 0.6 is 11.3 Å². The number of piperidine rings is 1. The summed E-state index contributed by atoms with van der Waals surface area (Å²) in [5.74, 6) is 0.453. The van der Waals surface area contributed by atoms with Crippen molar-refractivity contribution in [3.8, 4) is 0 Å². The molecule has 0 aliphatic carbocycles. The maximum absolute atomic E-state index is 11.7. The molecule has 0 saturated carbocycles. The number of nitrogens with zero attached hydrogens (tertiary/aromatic N) is 2. The summed E-state index contributed by atoms with van der Waals surface area (Å²) < 4.78 is 24.6. The molecule has 2 atom stereocenters. The van der Waals surface area contributed by atoms with Crippen molar-refractivity contribution in [2.45, 2.75) is 30.9 Å². The Balaban J connectivity index is 1.45. The van der Waals surface area contributed by atoms with Crippen LogP contribution in [0.4, 0.5) is 0 Å². The Hall–Kier alpha value is -1.02. The third-order valence-electron chi connectivity index (χ3n) is 4.95. The van der Waals surface area contributed by atoms with Gasteiger partial charge < -0.3 is 5.11 Å². The third-order valence-corrected chi connectivity index (χ3v) is 7.85. The lowest BCUT2D eigenvalue weighted by Gasteiger charge is -2.36. The van der Waals surface area contributed by atoms with Crippen LogP contribution in [0.1, 0.15) is 23.8 Å². The molecule has 0 spiro atoms. The molecule has 1 aromatic carbocycles. The molecule has 2 aliphatic heterocycles. The van der Waals surface area contributed by atoms with Gasteiger partial charge in [-0.15, -0.1) is 11.3 Å². The summed E-state index contributed by atoms with van der Waals surface area (Å²) in [6, 6.07) is 7.97. The van der Waals surface area contributed by atoms with Crippen molar-refractivity contribution < 1.29 is 13.5 Å². The predicted molar refractivity (Wildman–Crippen MR) is 91.6 cm³/mol. The fourth-order valence-electron chi connectivity index (χ4n) is 3.70. The third kappa shape index (κ3) is 3.03. The molecule has 2 saturated heterocycles. The van der Waals surface area contributed by atoms with Gasteiger partial charge in [0, 0.05) is 5.92 Å². The average molecular weight is 352 g/mol. The van der Waals surface area contributed by atoms with E-state index >= 15 is 0 Å². The van der Waals surface area contributed by atoms with Crippen LogP contribution in [0.5, 0.6) is 0 Å². The second kappa shape index (κ2) is 5.81. The Kier molecular flexibility index (Phi) is 3.91. The van der Waals surface area contributed by atoms with Crippen LogP contribution in [-0.2, 0) is 9.84 Å². The van der Waals surface area contributed by atoms with E-state index in [0.717, 1.165) is 31.4 Å². The number of rotatable bonds is 2. The van der Waals surface area contributed by atoms with Gasteiger partial charge in [0.2, 0.25) is 0 Å². The lowest BCUT2D eigenvalue weighted by atomic mass is 9.96. The lowest BCUT2D eigenvalue weighted by molar-refractivity contribution is 0.0664. The molecule has 5 nitrogen and oxygen atoms in total. The maximum atomic E-state index is 11.7. The summed E-state index contributed by atoms with van der Waals surface area (Å²) in [7, 11) is -3.08. The van der Waals surface area contributed by atoms with Crippen molar-refractivity contribution in [2.75, 3.05) is 24.6 Å². The Bertz CT molecular complexity index is 777. The van der Waals surface area contributed by atoms with Crippen LogP contribution in [0.3, 0.4) is 0 Å². The normalized spacial score (nSPS) is 29.3. The summed E-state index contributed by atoms with van der Waals surface area (Å²) in [4.78, 5) is 6.90. The molecule has 7 heteroatoms. The molecule has 2 fully saturated rings. The quantitative estimate of drug-likeness (QED) is 0.890. The first-order valence-corrected chi connectivity index (χ1v) is 10.6. The highest BCUT2D eigenvalue weighted by Crippen LogP contribution is 2.35. The van der Waals surface area contributed by atoms with Crippen molar-refractivity contribution in [3.63, 3.8) is 0 Å². The number of hydrogen-bond donors (Lipinski definition) is 1. The summed E-state index contributed by atoms with van der Waals surface area (Å²) in [6.45, 7) is 1.66. The lowest BCUT2D eigenvalue weighted by Crippen LogP contribution is -2.46. The van der Waals surface area contributed by atoms with Crippen LogP contribution in [-0.4, -0.2) is 60.1 Å². The Labute approximate surface area is 139 Å². The van der Waals surface area contributed by atoms with Crippen LogP contribution in [0.15, 0.2) is 24.3 Å². The van der Waals surface area contributed by atoms with Gasteiger partial charge in [0.15, 0.2) is 9.84 Å². The molecular formula is C16H20N2O3S2. The van der Waals surface area contributed by atoms with Gasteiger partial charge in [0.05, 0.1) is 38.9 Å². The van der Waals surface area contributed by atoms with Crippen LogP contribution < -0.4 is 0 Å². The highest BCUT2D eigenvalue weighted by atomic mass is 32.2. The highest BCUT2D eigenvalue weighted by molar-refractivity contribution is 7.91. The first kappa shape index (κ1) is 15.5. The minimum absolute atomic E-state index is 0.0878. The van der Waals surface area contributed by atoms with Crippen molar-refractivity contribution in [1.29, 1.82) is 0 Å². The number of hydrogen-bond acceptors (Lipinski definition) is 6. The van der Waals surface area contributed by atoms with Crippen LogP contribution in [0.2, 0.25) is 0 Å². The van der Waals surface area contributed by atoms with E-state index < -0.39 is 15.9 Å². The smallest absolute Gasteiger partial charge is 0.154 e. The maximum Gasteiger partial charge on any atom is 0.154 e. The van der Waals surface area contributed by atoms with Gasteiger partial charge in [-0.25, -0.2) is 13.4 Å². The Morgan fingerprint density at radius 1 is 1.17 bits per heavy atom. The Morgan fingerprint density at radius 2 is 1.91 bits per heavy atom. The molecule has 0 unspecified atom stereocenters. The largest absolute Gasteiger partial charge is 0.390 e. The van der Waals surface area contributed by atoms with Gasteiger partial charge in [0.25, 0.3) is 0 Å². The first-order chi connectivity index (χ1) is 11.0. The number of likely N-dealkylation sites (tertiary alicyclic amines) is 1. The highest BCUT2D eigenvalue weighted by Gasteiger charge is 2.41. The molecule has 3 heterocycles. The van der Waals surface area contributed by atoms with E-state index in [0.29, 0.717) is 5.92 Å². The minimum atomic E-state index is -3.08. The van der Waals surface area contributed by atoms with Crippen molar-refractivity contribution in [2.24, 2.45) is 0 Å². The molecule has 1 aromatic heterocycles. The van der Waals surface area contributed by atoms with Crippen LogP contribution in [0.25, 0.3) is 10.2 Å². The predicted octanol–water partition coefficient (Wildman–Crippen LogP) is 1.63. The van der Waals surface area contributed by atoms with E-state index in [-0.39, 0.29) is 17.5 Å². The van der Waals surface area contributed by atoms with E-state index in [1.54, 1.807) is 11.3 Å². The number of fused-ring (bicyclic) bond motifs is 1. The van der Waals surface area contributed by atoms with E-state index in [1.807, 2.05) is 18.2 Å². The summed E-state index contributed by atoms with van der Waals surface area (Å²) >= 11 is 1.76. The molecule has 2 aromatic rings. The number of sulfone groups is 1. The van der Waals surface area contributed by atoms with Crippen molar-refractivity contribution in [3.05, 3.63) is 29.3 Å². The number of aliphatic hydroxyl groups is 1. The molecule has 4 rings (SSSR count). The zero-order valence-corrected chi connectivity index (χ0v) is 14.4. The number of benzene rings is 1. The van der Waals surface area contributed by atoms with Gasteiger partial charge in [-0.3, -0.25) is 4.90 Å². The monoisotopic (exact) mass is 352 g/mol. The standard InChI is InChI=1S/C16H20N2O3S2/c19-14-10-23(20,21)9-13(14)18-7-5-11(6-8-18)16-17-12-3-1-2-4-15(12)22-16/h1-4,11,13-14,19H,5-10H2/t13-,14-/m0/s1. The van der Waals surface area contributed by atoms with Crippen molar-refractivity contribution in [1.82, 2.24) is 9.88 Å². The second-order valence-corrected chi connectivity index (χ2v) is 9.76. The molecule has 0 radical (unpaired) electrons. The summed E-state index contributed by atoms with van der Waals surface area (Å²) in [5, 5.41) is 11.2. The molecular weight excluding hydrogens is 332 g/mol. The summed E-state index contributed by atoms with van der Waals surface area (Å²) in [6.07, 6.45) is 1.21. The van der Waals surface area contributed by atoms with Gasteiger partial charge in [-0.2, -0.15) is 0 Å². The van der Waals surface area contributed by atoms with Crippen LogP contribution in [0, 0.1) is 0 Å². The molecule has 0 bridgehead atoms. The first-order valence-electron chi connectivity index (χ1n) is 8.00. The number of aliphatic hydroxyl groups excluding tert-OH is 1. The van der Waals surface area contributed by atoms with E-state index in [2.05, 4.69) is 11.0 Å². The molecule has 2 aliphatic rings. The fourth-order valence-corrected chi connectivity index (χ4v) is 6.67. The van der Waals surface area contributed by atoms with E-state index in [9.17, 15) is 13.5 Å². The molecule has 124 valence electrons. The SMILES string of the molecule is O=S1(=O)C[C@H](O)[C@@H](N2CCC(c3nc4ccccc4s3)CC2)C1. The van der Waals surface area contributed by atoms with Crippen molar-refractivity contribution >= 4 is 31.4 Å². The van der Waals surface area contributed by atoms with Gasteiger partial charge in [-0.1, -0.05) is 12.1 Å². The number of para-hydroxylation sites is 1.